The lowest BCUT2D eigenvalue weighted by molar-refractivity contribution is -0.106. The first kappa shape index (κ1) is 22.5. The molecule has 162 valence electrons. The van der Waals surface area contributed by atoms with E-state index in [9.17, 15) is 9.90 Å². The van der Waals surface area contributed by atoms with Crippen LogP contribution in [0.4, 0.5) is 0 Å². The summed E-state index contributed by atoms with van der Waals surface area (Å²) in [7, 11) is 0. The van der Waals surface area contributed by atoms with Crippen LogP contribution in [-0.2, 0) is 15.6 Å². The summed E-state index contributed by atoms with van der Waals surface area (Å²) < 4.78 is 0. The van der Waals surface area contributed by atoms with Gasteiger partial charge in [0.1, 0.15) is 0 Å². The van der Waals surface area contributed by atoms with E-state index in [-0.39, 0.29) is 16.7 Å². The molecule has 3 rings (SSSR count). The van der Waals surface area contributed by atoms with Crippen LogP contribution >= 0.6 is 0 Å². The van der Waals surface area contributed by atoms with Gasteiger partial charge in [0, 0.05) is 5.56 Å². The Kier molecular flexibility index (Phi) is 5.95. The lowest BCUT2D eigenvalue weighted by Crippen LogP contribution is -2.12. The maximum absolute atomic E-state index is 11.3. The van der Waals surface area contributed by atoms with Gasteiger partial charge in [-0.1, -0.05) is 90.1 Å². The fraction of sp³-hybridized carbons (Fsp3) is 0.333. The summed E-state index contributed by atoms with van der Waals surface area (Å²) in [6, 6.07) is 16.3. The van der Waals surface area contributed by atoms with Crippen molar-refractivity contribution in [2.24, 2.45) is 4.99 Å². The van der Waals surface area contributed by atoms with E-state index in [2.05, 4.69) is 75.8 Å². The van der Waals surface area contributed by atoms with Crippen LogP contribution in [0.2, 0.25) is 0 Å². The Morgan fingerprint density at radius 3 is 1.81 bits per heavy atom. The average Bonchev–Trinajstić information content (AvgIpc) is 2.99. The number of carbonyl (C=O) groups is 1. The van der Waals surface area contributed by atoms with Crippen molar-refractivity contribution in [3.05, 3.63) is 76.3 Å². The van der Waals surface area contributed by atoms with E-state index in [4.69, 9.17) is 0 Å². The van der Waals surface area contributed by atoms with Gasteiger partial charge in [0.05, 0.1) is 17.0 Å². The average molecular weight is 417 g/mol. The van der Waals surface area contributed by atoms with Crippen LogP contribution in [0, 0.1) is 6.92 Å². The SMILES string of the molecule is Cc1c(-c2ccc(C(C)(C)C)cc2)[nH]c(O)c1C(=NC=O)c1ccc(C(C)(C)C)cc1. The molecule has 4 nitrogen and oxygen atoms in total. The molecule has 1 amide bonds. The molecular formula is C27H32N2O2. The molecule has 0 atom stereocenters. The molecule has 0 bridgehead atoms. The van der Waals surface area contributed by atoms with Crippen molar-refractivity contribution in [3.8, 4) is 17.1 Å². The van der Waals surface area contributed by atoms with Gasteiger partial charge in [-0.25, -0.2) is 4.99 Å². The maximum Gasteiger partial charge on any atom is 0.233 e. The number of aromatic amines is 1. The highest BCUT2D eigenvalue weighted by atomic mass is 16.3. The van der Waals surface area contributed by atoms with Crippen molar-refractivity contribution in [1.29, 1.82) is 0 Å². The first-order chi connectivity index (χ1) is 14.4. The molecule has 0 aliphatic heterocycles. The van der Waals surface area contributed by atoms with Crippen LogP contribution < -0.4 is 0 Å². The number of rotatable bonds is 4. The molecule has 0 unspecified atom stereocenters. The second-order valence-corrected chi connectivity index (χ2v) is 10.1. The van der Waals surface area contributed by atoms with Gasteiger partial charge in [-0.2, -0.15) is 0 Å². The maximum atomic E-state index is 11.3. The van der Waals surface area contributed by atoms with E-state index in [1.165, 1.54) is 11.1 Å². The fourth-order valence-corrected chi connectivity index (χ4v) is 3.76. The minimum atomic E-state index is 0.00731. The molecule has 4 heteroatoms. The monoisotopic (exact) mass is 416 g/mol. The minimum absolute atomic E-state index is 0.00731. The molecule has 0 aliphatic carbocycles. The smallest absolute Gasteiger partial charge is 0.233 e. The molecule has 0 saturated carbocycles. The first-order valence-corrected chi connectivity index (χ1v) is 10.6. The highest BCUT2D eigenvalue weighted by Crippen LogP contribution is 2.34. The molecule has 2 aromatic carbocycles. The second-order valence-electron chi connectivity index (χ2n) is 10.1. The number of benzene rings is 2. The summed E-state index contributed by atoms with van der Waals surface area (Å²) in [5.74, 6) is 0.00731. The summed E-state index contributed by atoms with van der Waals surface area (Å²) in [5.41, 5.74) is 6.96. The third kappa shape index (κ3) is 4.63. The normalized spacial score (nSPS) is 12.8. The third-order valence-corrected chi connectivity index (χ3v) is 5.71. The number of hydrogen-bond acceptors (Lipinski definition) is 2. The summed E-state index contributed by atoms with van der Waals surface area (Å²) >= 11 is 0. The standard InChI is InChI=1S/C27H32N2O2/c1-17-22(24(28-16-30)19-10-14-21(15-11-19)27(5,6)7)25(31)29-23(17)18-8-12-20(13-9-18)26(2,3)4/h8-16,29,31H,1-7H3. The Hall–Kier alpha value is -3.14. The number of carbonyl (C=O) groups excluding carboxylic acids is 1. The zero-order chi connectivity index (χ0) is 23.0. The lowest BCUT2D eigenvalue weighted by Gasteiger charge is -2.19. The van der Waals surface area contributed by atoms with Gasteiger partial charge >= 0.3 is 0 Å². The van der Waals surface area contributed by atoms with Gasteiger partial charge in [0.25, 0.3) is 0 Å². The molecule has 0 radical (unpaired) electrons. The zero-order valence-corrected chi connectivity index (χ0v) is 19.5. The number of H-pyrrole nitrogens is 1. The lowest BCUT2D eigenvalue weighted by atomic mass is 9.86. The summed E-state index contributed by atoms with van der Waals surface area (Å²) in [5, 5.41) is 10.7. The quantitative estimate of drug-likeness (QED) is 0.388. The predicted octanol–water partition coefficient (Wildman–Crippen LogP) is 6.28. The van der Waals surface area contributed by atoms with Crippen molar-refractivity contribution in [1.82, 2.24) is 4.98 Å². The summed E-state index contributed by atoms with van der Waals surface area (Å²) in [4.78, 5) is 18.5. The van der Waals surface area contributed by atoms with Crippen LogP contribution in [0.3, 0.4) is 0 Å². The molecule has 0 aliphatic rings. The van der Waals surface area contributed by atoms with E-state index >= 15 is 0 Å². The third-order valence-electron chi connectivity index (χ3n) is 5.71. The number of aromatic hydroxyl groups is 1. The number of nitrogens with one attached hydrogen (secondary N) is 1. The molecule has 0 saturated heterocycles. The minimum Gasteiger partial charge on any atom is -0.494 e. The van der Waals surface area contributed by atoms with E-state index in [1.807, 2.05) is 31.2 Å². The van der Waals surface area contributed by atoms with Gasteiger partial charge in [-0.05, 0) is 40.0 Å². The Balaban J connectivity index is 2.06. The number of hydrogen-bond donors (Lipinski definition) is 2. The Bertz CT molecular complexity index is 1100. The topological polar surface area (TPSA) is 65.4 Å². The number of aromatic nitrogens is 1. The molecule has 0 fully saturated rings. The van der Waals surface area contributed by atoms with Gasteiger partial charge in [0.2, 0.25) is 6.41 Å². The zero-order valence-electron chi connectivity index (χ0n) is 19.5. The molecule has 3 aromatic rings. The van der Waals surface area contributed by atoms with Gasteiger partial charge in [0.15, 0.2) is 5.88 Å². The van der Waals surface area contributed by atoms with E-state index in [1.54, 1.807) is 0 Å². The van der Waals surface area contributed by atoms with Crippen LogP contribution in [0.15, 0.2) is 53.5 Å². The van der Waals surface area contributed by atoms with Gasteiger partial charge in [-0.3, -0.25) is 4.79 Å². The van der Waals surface area contributed by atoms with Crippen LogP contribution in [-0.4, -0.2) is 22.2 Å². The van der Waals surface area contributed by atoms with E-state index in [0.29, 0.717) is 17.7 Å². The molecule has 1 aromatic heterocycles. The van der Waals surface area contributed by atoms with Gasteiger partial charge in [-0.15, -0.1) is 0 Å². The highest BCUT2D eigenvalue weighted by molar-refractivity contribution is 6.17. The van der Waals surface area contributed by atoms with E-state index in [0.717, 1.165) is 22.4 Å². The molecule has 31 heavy (non-hydrogen) atoms. The van der Waals surface area contributed by atoms with Crippen molar-refractivity contribution < 1.29 is 9.90 Å². The van der Waals surface area contributed by atoms with E-state index < -0.39 is 0 Å². The largest absolute Gasteiger partial charge is 0.494 e. The summed E-state index contributed by atoms with van der Waals surface area (Å²) in [6.07, 6.45) is 0.524. The Morgan fingerprint density at radius 1 is 0.871 bits per heavy atom. The van der Waals surface area contributed by atoms with Crippen molar-refractivity contribution in [3.63, 3.8) is 0 Å². The molecule has 1 heterocycles. The molecule has 0 spiro atoms. The van der Waals surface area contributed by atoms with Crippen LogP contribution in [0.25, 0.3) is 11.3 Å². The second kappa shape index (κ2) is 8.18. The van der Waals surface area contributed by atoms with Crippen LogP contribution in [0.1, 0.15) is 69.4 Å². The number of amides is 1. The fourth-order valence-electron chi connectivity index (χ4n) is 3.76. The Morgan fingerprint density at radius 2 is 1.35 bits per heavy atom. The molecule has 2 N–H and O–H groups in total. The van der Waals surface area contributed by atoms with Crippen molar-refractivity contribution in [2.75, 3.05) is 0 Å². The van der Waals surface area contributed by atoms with Gasteiger partial charge < -0.3 is 10.1 Å². The van der Waals surface area contributed by atoms with Crippen LogP contribution in [0.5, 0.6) is 5.88 Å². The first-order valence-electron chi connectivity index (χ1n) is 10.6. The molecular weight excluding hydrogens is 384 g/mol. The highest BCUT2D eigenvalue weighted by Gasteiger charge is 2.22. The summed E-state index contributed by atoms with van der Waals surface area (Å²) in [6.45, 7) is 14.9. The van der Waals surface area contributed by atoms with Crippen molar-refractivity contribution >= 4 is 12.1 Å². The number of nitrogens with zero attached hydrogens (tertiary/aromatic N) is 1. The Labute approximate surface area is 185 Å². The number of aliphatic imine (C=N–C) groups is 1. The predicted molar refractivity (Wildman–Crippen MR) is 128 cm³/mol. The van der Waals surface area contributed by atoms with Crippen molar-refractivity contribution in [2.45, 2.75) is 59.3 Å².